The van der Waals surface area contributed by atoms with E-state index in [0.29, 0.717) is 12.3 Å². The molecule has 1 fully saturated rings. The summed E-state index contributed by atoms with van der Waals surface area (Å²) in [6.45, 7) is 8.66. The van der Waals surface area contributed by atoms with Crippen LogP contribution in [0, 0.1) is 12.8 Å². The molecule has 2 N–H and O–H groups in total. The quantitative estimate of drug-likeness (QED) is 0.502. The molecule has 1 aliphatic heterocycles. The van der Waals surface area contributed by atoms with Crippen LogP contribution in [-0.4, -0.2) is 42.9 Å². The number of alkyl halides is 2. The van der Waals surface area contributed by atoms with E-state index in [0.717, 1.165) is 38.2 Å². The van der Waals surface area contributed by atoms with E-state index in [1.807, 2.05) is 19.9 Å². The number of anilines is 1. The van der Waals surface area contributed by atoms with Gasteiger partial charge in [0.1, 0.15) is 0 Å². The zero-order valence-electron chi connectivity index (χ0n) is 20.2. The van der Waals surface area contributed by atoms with Gasteiger partial charge in [0, 0.05) is 23.7 Å². The number of nitrogens with zero attached hydrogens (tertiary/aromatic N) is 1. The molecule has 34 heavy (non-hydrogen) atoms. The smallest absolute Gasteiger partial charge is 0.349 e. The highest BCUT2D eigenvalue weighted by molar-refractivity contribution is 5.92. The third kappa shape index (κ3) is 6.63. The van der Waals surface area contributed by atoms with Gasteiger partial charge in [-0.25, -0.2) is 0 Å². The predicted molar refractivity (Wildman–Crippen MR) is 131 cm³/mol. The van der Waals surface area contributed by atoms with Gasteiger partial charge >= 0.3 is 5.92 Å². The molecule has 0 spiro atoms. The highest BCUT2D eigenvalue weighted by Gasteiger charge is 2.40. The number of likely N-dealkylation sites (tertiary alicyclic amines) is 1. The number of benzene rings is 2. The molecule has 0 aromatic heterocycles. The monoisotopic (exact) mass is 471 g/mol. The first-order valence-electron chi connectivity index (χ1n) is 12.0. The molecule has 0 atom stereocenters. The van der Waals surface area contributed by atoms with Crippen molar-refractivity contribution in [3.05, 3.63) is 65.2 Å². The van der Waals surface area contributed by atoms with Crippen molar-refractivity contribution < 1.29 is 18.4 Å². The number of carbonyl (C=O) groups is 2. The van der Waals surface area contributed by atoms with Crippen molar-refractivity contribution in [3.8, 4) is 0 Å². The summed E-state index contributed by atoms with van der Waals surface area (Å²) in [7, 11) is 0. The number of nitrogens with one attached hydrogen (secondary N) is 2. The number of carbonyl (C=O) groups excluding carboxylic acids is 2. The first kappa shape index (κ1) is 25.8. The molecule has 7 heteroatoms. The van der Waals surface area contributed by atoms with Gasteiger partial charge in [0.25, 0.3) is 5.91 Å². The summed E-state index contributed by atoms with van der Waals surface area (Å²) >= 11 is 0. The molecule has 0 radical (unpaired) electrons. The van der Waals surface area contributed by atoms with Crippen molar-refractivity contribution in [1.29, 1.82) is 0 Å². The Morgan fingerprint density at radius 2 is 1.76 bits per heavy atom. The Bertz CT molecular complexity index is 971. The molecular weight excluding hydrogens is 436 g/mol. The maximum absolute atomic E-state index is 14.3. The molecule has 1 saturated heterocycles. The van der Waals surface area contributed by atoms with E-state index in [-0.39, 0.29) is 23.9 Å². The third-order valence-electron chi connectivity index (χ3n) is 6.46. The highest BCUT2D eigenvalue weighted by atomic mass is 19.3. The van der Waals surface area contributed by atoms with Crippen LogP contribution in [0.2, 0.25) is 0 Å². The fourth-order valence-corrected chi connectivity index (χ4v) is 4.31. The second-order valence-electron chi connectivity index (χ2n) is 9.38. The topological polar surface area (TPSA) is 61.4 Å². The average molecular weight is 472 g/mol. The van der Waals surface area contributed by atoms with Gasteiger partial charge in [-0.05, 0) is 75.0 Å². The lowest BCUT2D eigenvalue weighted by Crippen LogP contribution is -2.40. The van der Waals surface area contributed by atoms with Gasteiger partial charge in [-0.15, -0.1) is 0 Å². The van der Waals surface area contributed by atoms with Crippen LogP contribution < -0.4 is 10.6 Å². The average Bonchev–Trinajstić information content (AvgIpc) is 2.83. The van der Waals surface area contributed by atoms with Gasteiger partial charge in [0.05, 0.1) is 0 Å². The Kier molecular flexibility index (Phi) is 8.78. The molecule has 0 aliphatic carbocycles. The van der Waals surface area contributed by atoms with Crippen LogP contribution in [0.3, 0.4) is 0 Å². The summed E-state index contributed by atoms with van der Waals surface area (Å²) in [5, 5.41) is 5.37. The maximum atomic E-state index is 14.3. The van der Waals surface area contributed by atoms with E-state index in [1.165, 1.54) is 35.4 Å². The first-order chi connectivity index (χ1) is 16.2. The second-order valence-corrected chi connectivity index (χ2v) is 9.38. The highest BCUT2D eigenvalue weighted by Crippen LogP contribution is 2.32. The number of piperidine rings is 1. The first-order valence-corrected chi connectivity index (χ1v) is 12.0. The number of rotatable bonds is 9. The van der Waals surface area contributed by atoms with E-state index >= 15 is 0 Å². The largest absolute Gasteiger partial charge is 0.351 e. The van der Waals surface area contributed by atoms with Crippen molar-refractivity contribution in [1.82, 2.24) is 10.2 Å². The predicted octanol–water partition coefficient (Wildman–Crippen LogP) is 5.07. The Morgan fingerprint density at radius 3 is 2.41 bits per heavy atom. The molecule has 2 aromatic carbocycles. The van der Waals surface area contributed by atoms with E-state index in [4.69, 9.17) is 0 Å². The van der Waals surface area contributed by atoms with Crippen LogP contribution in [0.5, 0.6) is 0 Å². The van der Waals surface area contributed by atoms with Gasteiger partial charge in [0.2, 0.25) is 5.91 Å². The fourth-order valence-electron chi connectivity index (χ4n) is 4.31. The summed E-state index contributed by atoms with van der Waals surface area (Å²) in [5.41, 5.74) is 3.04. The minimum Gasteiger partial charge on any atom is -0.351 e. The van der Waals surface area contributed by atoms with Crippen LogP contribution in [0.4, 0.5) is 14.5 Å². The third-order valence-corrected chi connectivity index (χ3v) is 6.46. The Balaban J connectivity index is 1.43. The molecular formula is C27H35F2N3O2. The van der Waals surface area contributed by atoms with E-state index in [1.54, 1.807) is 6.07 Å². The number of aryl methyl sites for hydroxylation is 1. The second kappa shape index (κ2) is 11.6. The minimum absolute atomic E-state index is 0.0123. The lowest BCUT2D eigenvalue weighted by atomic mass is 9.86. The Morgan fingerprint density at radius 1 is 1.09 bits per heavy atom. The van der Waals surface area contributed by atoms with Crippen LogP contribution >= 0.6 is 0 Å². The molecule has 2 amide bonds. The fraction of sp³-hybridized carbons (Fsp3) is 0.481. The Labute approximate surface area is 200 Å². The van der Waals surface area contributed by atoms with Crippen LogP contribution in [0.15, 0.2) is 48.5 Å². The molecule has 3 rings (SSSR count). The molecule has 1 aliphatic rings. The normalized spacial score (nSPS) is 15.4. The summed E-state index contributed by atoms with van der Waals surface area (Å²) in [4.78, 5) is 26.3. The lowest BCUT2D eigenvalue weighted by molar-refractivity contribution is -0.147. The van der Waals surface area contributed by atoms with Gasteiger partial charge in [-0.1, -0.05) is 50.2 Å². The molecule has 0 unspecified atom stereocenters. The SMILES string of the molecule is Cc1ccc(NC(=O)C(C)C)cc1C1CCN(CCCNC(=O)C(F)(F)c2ccccc2)CC1. The molecule has 184 valence electrons. The molecule has 0 saturated carbocycles. The molecule has 1 heterocycles. The minimum atomic E-state index is -3.53. The maximum Gasteiger partial charge on any atom is 0.349 e. The zero-order valence-corrected chi connectivity index (χ0v) is 20.2. The van der Waals surface area contributed by atoms with Crippen LogP contribution in [-0.2, 0) is 15.5 Å². The summed E-state index contributed by atoms with van der Waals surface area (Å²) in [6.07, 6.45) is 2.62. The number of halogens is 2. The van der Waals surface area contributed by atoms with Crippen molar-refractivity contribution in [2.75, 3.05) is 31.5 Å². The molecule has 2 aromatic rings. The number of hydrogen-bond donors (Lipinski definition) is 2. The van der Waals surface area contributed by atoms with Crippen molar-refractivity contribution >= 4 is 17.5 Å². The van der Waals surface area contributed by atoms with E-state index in [2.05, 4.69) is 34.6 Å². The van der Waals surface area contributed by atoms with Crippen molar-refractivity contribution in [2.24, 2.45) is 5.92 Å². The zero-order chi connectivity index (χ0) is 24.7. The van der Waals surface area contributed by atoms with Gasteiger partial charge in [-0.3, -0.25) is 9.59 Å². The molecule has 0 bridgehead atoms. The van der Waals surface area contributed by atoms with Crippen molar-refractivity contribution in [2.45, 2.75) is 51.9 Å². The lowest BCUT2D eigenvalue weighted by Gasteiger charge is -2.33. The standard InChI is InChI=1S/C27H35F2N3O2/c1-19(2)25(33)31-23-11-10-20(3)24(18-23)21-12-16-32(17-13-21)15-7-14-30-26(34)27(28,29)22-8-5-4-6-9-22/h4-6,8-11,18-19,21H,7,12-17H2,1-3H3,(H,30,34)(H,31,33). The van der Waals surface area contributed by atoms with E-state index < -0.39 is 11.8 Å². The van der Waals surface area contributed by atoms with Crippen molar-refractivity contribution in [3.63, 3.8) is 0 Å². The van der Waals surface area contributed by atoms with Gasteiger partial charge in [0.15, 0.2) is 0 Å². The number of amides is 2. The van der Waals surface area contributed by atoms with Gasteiger partial charge < -0.3 is 15.5 Å². The van der Waals surface area contributed by atoms with Gasteiger partial charge in [-0.2, -0.15) is 8.78 Å². The molecule has 5 nitrogen and oxygen atoms in total. The van der Waals surface area contributed by atoms with Crippen LogP contribution in [0.1, 0.15) is 55.7 Å². The van der Waals surface area contributed by atoms with E-state index in [9.17, 15) is 18.4 Å². The van der Waals surface area contributed by atoms with Crippen LogP contribution in [0.25, 0.3) is 0 Å². The summed E-state index contributed by atoms with van der Waals surface area (Å²) < 4.78 is 28.5. The number of hydrogen-bond acceptors (Lipinski definition) is 3. The summed E-state index contributed by atoms with van der Waals surface area (Å²) in [5.74, 6) is -4.41. The Hall–Kier alpha value is -2.80. The summed E-state index contributed by atoms with van der Waals surface area (Å²) in [6, 6.07) is 13.3.